The fourth-order valence-corrected chi connectivity index (χ4v) is 2.03. The SMILES string of the molecule is CCC(=NNC(=O)c1ccc(Br)cc1)c1ccccc1. The molecule has 0 heterocycles. The number of nitrogens with zero attached hydrogens (tertiary/aromatic N) is 1. The van der Waals surface area contributed by atoms with Gasteiger partial charge in [0.05, 0.1) is 5.71 Å². The van der Waals surface area contributed by atoms with Crippen LogP contribution < -0.4 is 5.43 Å². The maximum atomic E-state index is 12.0. The van der Waals surface area contributed by atoms with Gasteiger partial charge in [-0.25, -0.2) is 5.43 Å². The summed E-state index contributed by atoms with van der Waals surface area (Å²) in [5.41, 5.74) is 5.06. The minimum atomic E-state index is -0.209. The van der Waals surface area contributed by atoms with Gasteiger partial charge < -0.3 is 0 Å². The first kappa shape index (κ1) is 14.5. The van der Waals surface area contributed by atoms with Crippen LogP contribution in [0.25, 0.3) is 0 Å². The molecule has 2 aromatic rings. The first-order valence-electron chi connectivity index (χ1n) is 6.38. The van der Waals surface area contributed by atoms with Gasteiger partial charge in [-0.15, -0.1) is 0 Å². The zero-order valence-corrected chi connectivity index (χ0v) is 12.7. The summed E-state index contributed by atoms with van der Waals surface area (Å²) in [5.74, 6) is -0.209. The highest BCUT2D eigenvalue weighted by molar-refractivity contribution is 9.10. The number of rotatable bonds is 4. The van der Waals surface area contributed by atoms with E-state index < -0.39 is 0 Å². The fourth-order valence-electron chi connectivity index (χ4n) is 1.76. The minimum Gasteiger partial charge on any atom is -0.267 e. The van der Waals surface area contributed by atoms with Crippen LogP contribution in [-0.4, -0.2) is 11.6 Å². The van der Waals surface area contributed by atoms with E-state index >= 15 is 0 Å². The normalized spacial score (nSPS) is 11.2. The third-order valence-electron chi connectivity index (χ3n) is 2.84. The number of carbonyl (C=O) groups is 1. The van der Waals surface area contributed by atoms with Crippen LogP contribution >= 0.6 is 15.9 Å². The Morgan fingerprint density at radius 1 is 1.05 bits per heavy atom. The number of hydrogen-bond donors (Lipinski definition) is 1. The van der Waals surface area contributed by atoms with Crippen molar-refractivity contribution in [2.24, 2.45) is 5.10 Å². The topological polar surface area (TPSA) is 41.5 Å². The molecule has 4 heteroatoms. The summed E-state index contributed by atoms with van der Waals surface area (Å²) >= 11 is 3.34. The second kappa shape index (κ2) is 7.01. The highest BCUT2D eigenvalue weighted by atomic mass is 79.9. The summed E-state index contributed by atoms with van der Waals surface area (Å²) in [6.07, 6.45) is 0.755. The lowest BCUT2D eigenvalue weighted by Gasteiger charge is -2.05. The van der Waals surface area contributed by atoms with Gasteiger partial charge in [-0.1, -0.05) is 53.2 Å². The van der Waals surface area contributed by atoms with Gasteiger partial charge in [0, 0.05) is 10.0 Å². The first-order valence-corrected chi connectivity index (χ1v) is 7.18. The zero-order chi connectivity index (χ0) is 14.4. The van der Waals surface area contributed by atoms with Crippen LogP contribution in [0.1, 0.15) is 29.3 Å². The van der Waals surface area contributed by atoms with Gasteiger partial charge >= 0.3 is 0 Å². The molecule has 0 bridgehead atoms. The molecule has 0 radical (unpaired) electrons. The molecule has 2 rings (SSSR count). The molecule has 0 aromatic heterocycles. The molecule has 0 aliphatic heterocycles. The number of nitrogens with one attached hydrogen (secondary N) is 1. The molecular formula is C16H15BrN2O. The van der Waals surface area contributed by atoms with E-state index in [0.717, 1.165) is 22.2 Å². The van der Waals surface area contributed by atoms with E-state index in [4.69, 9.17) is 0 Å². The smallest absolute Gasteiger partial charge is 0.267 e. The zero-order valence-electron chi connectivity index (χ0n) is 11.1. The molecule has 0 saturated heterocycles. The standard InChI is InChI=1S/C16H15BrN2O/c1-2-15(12-6-4-3-5-7-12)18-19-16(20)13-8-10-14(17)11-9-13/h3-11H,2H2,1H3,(H,19,20). The van der Waals surface area contributed by atoms with Crippen molar-refractivity contribution < 1.29 is 4.79 Å². The minimum absolute atomic E-state index is 0.209. The van der Waals surface area contributed by atoms with Gasteiger partial charge in [0.1, 0.15) is 0 Å². The molecule has 0 spiro atoms. The number of hydrazone groups is 1. The van der Waals surface area contributed by atoms with E-state index in [1.807, 2.05) is 49.4 Å². The summed E-state index contributed by atoms with van der Waals surface area (Å²) in [6.45, 7) is 2.01. The summed E-state index contributed by atoms with van der Waals surface area (Å²) in [6, 6.07) is 17.0. The highest BCUT2D eigenvalue weighted by Gasteiger charge is 2.05. The Hall–Kier alpha value is -1.94. The molecular weight excluding hydrogens is 316 g/mol. The molecule has 1 N–H and O–H groups in total. The van der Waals surface area contributed by atoms with Gasteiger partial charge in [0.25, 0.3) is 5.91 Å². The number of benzene rings is 2. The fraction of sp³-hybridized carbons (Fsp3) is 0.125. The Kier molecular flexibility index (Phi) is 5.07. The van der Waals surface area contributed by atoms with E-state index in [-0.39, 0.29) is 5.91 Å². The number of halogens is 1. The van der Waals surface area contributed by atoms with E-state index in [1.54, 1.807) is 12.1 Å². The summed E-state index contributed by atoms with van der Waals surface area (Å²) in [5, 5.41) is 4.22. The molecule has 0 aliphatic carbocycles. The summed E-state index contributed by atoms with van der Waals surface area (Å²) < 4.78 is 0.941. The van der Waals surface area contributed by atoms with Crippen molar-refractivity contribution in [3.05, 3.63) is 70.2 Å². The van der Waals surface area contributed by atoms with Crippen molar-refractivity contribution >= 4 is 27.5 Å². The van der Waals surface area contributed by atoms with E-state index in [1.165, 1.54) is 0 Å². The average Bonchev–Trinajstić information content (AvgIpc) is 2.49. The lowest BCUT2D eigenvalue weighted by molar-refractivity contribution is 0.0955. The molecule has 102 valence electrons. The molecule has 0 saturated carbocycles. The molecule has 0 unspecified atom stereocenters. The van der Waals surface area contributed by atoms with Crippen molar-refractivity contribution in [3.8, 4) is 0 Å². The Labute approximate surface area is 126 Å². The van der Waals surface area contributed by atoms with Crippen LogP contribution in [-0.2, 0) is 0 Å². The Bertz CT molecular complexity index is 606. The Morgan fingerprint density at radius 2 is 1.70 bits per heavy atom. The lowest BCUT2D eigenvalue weighted by Crippen LogP contribution is -2.19. The highest BCUT2D eigenvalue weighted by Crippen LogP contribution is 2.10. The second-order valence-corrected chi connectivity index (χ2v) is 5.14. The molecule has 0 fully saturated rings. The van der Waals surface area contributed by atoms with Crippen LogP contribution in [0.15, 0.2) is 64.2 Å². The largest absolute Gasteiger partial charge is 0.271 e. The molecule has 0 atom stereocenters. The molecule has 3 nitrogen and oxygen atoms in total. The number of hydrogen-bond acceptors (Lipinski definition) is 2. The van der Waals surface area contributed by atoms with Crippen molar-refractivity contribution in [1.82, 2.24) is 5.43 Å². The van der Waals surface area contributed by atoms with Crippen LogP contribution in [0.2, 0.25) is 0 Å². The maximum absolute atomic E-state index is 12.0. The number of amides is 1. The average molecular weight is 331 g/mol. The lowest BCUT2D eigenvalue weighted by atomic mass is 10.1. The van der Waals surface area contributed by atoms with Crippen LogP contribution in [0.4, 0.5) is 0 Å². The molecule has 0 aliphatic rings. The third-order valence-corrected chi connectivity index (χ3v) is 3.37. The first-order chi connectivity index (χ1) is 9.70. The van der Waals surface area contributed by atoms with Gasteiger partial charge in [0.2, 0.25) is 0 Å². The van der Waals surface area contributed by atoms with Crippen molar-refractivity contribution in [2.45, 2.75) is 13.3 Å². The summed E-state index contributed by atoms with van der Waals surface area (Å²) in [7, 11) is 0. The molecule has 20 heavy (non-hydrogen) atoms. The monoisotopic (exact) mass is 330 g/mol. The van der Waals surface area contributed by atoms with Crippen molar-refractivity contribution in [3.63, 3.8) is 0 Å². The van der Waals surface area contributed by atoms with Gasteiger partial charge in [-0.2, -0.15) is 5.10 Å². The second-order valence-electron chi connectivity index (χ2n) is 4.23. The van der Waals surface area contributed by atoms with Gasteiger partial charge in [-0.05, 0) is 36.2 Å². The van der Waals surface area contributed by atoms with Crippen LogP contribution in [0.3, 0.4) is 0 Å². The molecule has 2 aromatic carbocycles. The predicted molar refractivity (Wildman–Crippen MR) is 84.9 cm³/mol. The predicted octanol–water partition coefficient (Wildman–Crippen LogP) is 3.99. The van der Waals surface area contributed by atoms with Crippen LogP contribution in [0, 0.1) is 0 Å². The van der Waals surface area contributed by atoms with Crippen LogP contribution in [0.5, 0.6) is 0 Å². The van der Waals surface area contributed by atoms with Crippen molar-refractivity contribution in [1.29, 1.82) is 0 Å². The quantitative estimate of drug-likeness (QED) is 0.668. The van der Waals surface area contributed by atoms with Crippen molar-refractivity contribution in [2.75, 3.05) is 0 Å². The third kappa shape index (κ3) is 3.78. The summed E-state index contributed by atoms with van der Waals surface area (Å²) in [4.78, 5) is 12.0. The maximum Gasteiger partial charge on any atom is 0.271 e. The Balaban J connectivity index is 2.11. The molecule has 1 amide bonds. The van der Waals surface area contributed by atoms with E-state index in [9.17, 15) is 4.79 Å². The number of carbonyl (C=O) groups excluding carboxylic acids is 1. The van der Waals surface area contributed by atoms with Gasteiger partial charge in [0.15, 0.2) is 0 Å². The van der Waals surface area contributed by atoms with Gasteiger partial charge in [-0.3, -0.25) is 4.79 Å². The van der Waals surface area contributed by atoms with E-state index in [2.05, 4.69) is 26.5 Å². The van der Waals surface area contributed by atoms with E-state index in [0.29, 0.717) is 5.56 Å². The Morgan fingerprint density at radius 3 is 2.30 bits per heavy atom.